The van der Waals surface area contributed by atoms with Gasteiger partial charge in [-0.15, -0.1) is 0 Å². The average molecular weight is 322 g/mol. The topological polar surface area (TPSA) is 44.5 Å². The number of hydrogen-bond donors (Lipinski definition) is 1. The number of benzene rings is 2. The zero-order chi connectivity index (χ0) is 13.8. The van der Waals surface area contributed by atoms with Crippen LogP contribution in [0, 0.1) is 0 Å². The minimum absolute atomic E-state index is 0.173. The molecule has 0 heterocycles. The molecule has 0 bridgehead atoms. The van der Waals surface area contributed by atoms with Crippen molar-refractivity contribution in [3.63, 3.8) is 0 Å². The summed E-state index contributed by atoms with van der Waals surface area (Å²) in [6.45, 7) is 1.91. The number of nitrogens with two attached hydrogens (primary N) is 1. The largest absolute Gasteiger partial charge is 0.496 e. The summed E-state index contributed by atoms with van der Waals surface area (Å²) < 4.78 is 12.2. The van der Waals surface area contributed by atoms with Crippen molar-refractivity contribution < 1.29 is 9.47 Å². The SMILES string of the molecule is COc1cccc(Oc2ccccc2Br)c1[C@@H](C)N. The van der Waals surface area contributed by atoms with Crippen LogP contribution in [0.4, 0.5) is 0 Å². The number of para-hydroxylation sites is 1. The van der Waals surface area contributed by atoms with Crippen LogP contribution in [0.3, 0.4) is 0 Å². The van der Waals surface area contributed by atoms with Gasteiger partial charge in [0.15, 0.2) is 0 Å². The Bertz CT molecular complexity index is 570. The van der Waals surface area contributed by atoms with E-state index in [1.807, 2.05) is 49.4 Å². The van der Waals surface area contributed by atoms with E-state index in [1.54, 1.807) is 7.11 Å². The van der Waals surface area contributed by atoms with E-state index in [1.165, 1.54) is 0 Å². The third-order valence-electron chi connectivity index (χ3n) is 2.76. The normalized spacial score (nSPS) is 12.0. The number of halogens is 1. The van der Waals surface area contributed by atoms with Gasteiger partial charge in [-0.05, 0) is 47.1 Å². The van der Waals surface area contributed by atoms with E-state index < -0.39 is 0 Å². The molecule has 0 saturated carbocycles. The van der Waals surface area contributed by atoms with Gasteiger partial charge in [-0.2, -0.15) is 0 Å². The van der Waals surface area contributed by atoms with E-state index in [2.05, 4.69) is 15.9 Å². The lowest BCUT2D eigenvalue weighted by molar-refractivity contribution is 0.397. The maximum atomic E-state index is 6.01. The molecule has 1 atom stereocenters. The van der Waals surface area contributed by atoms with E-state index in [4.69, 9.17) is 15.2 Å². The van der Waals surface area contributed by atoms with Gasteiger partial charge in [0.25, 0.3) is 0 Å². The lowest BCUT2D eigenvalue weighted by Crippen LogP contribution is -2.08. The Balaban J connectivity index is 2.43. The first-order valence-electron chi connectivity index (χ1n) is 5.98. The van der Waals surface area contributed by atoms with Gasteiger partial charge in [0.05, 0.1) is 17.1 Å². The molecule has 4 heteroatoms. The highest BCUT2D eigenvalue weighted by molar-refractivity contribution is 9.10. The van der Waals surface area contributed by atoms with Crippen LogP contribution in [0.15, 0.2) is 46.9 Å². The van der Waals surface area contributed by atoms with Gasteiger partial charge in [0, 0.05) is 6.04 Å². The van der Waals surface area contributed by atoms with Crippen LogP contribution in [-0.2, 0) is 0 Å². The highest BCUT2D eigenvalue weighted by Crippen LogP contribution is 2.37. The van der Waals surface area contributed by atoms with E-state index in [0.29, 0.717) is 5.75 Å². The molecule has 100 valence electrons. The summed E-state index contributed by atoms with van der Waals surface area (Å²) in [5.41, 5.74) is 6.87. The Morgan fingerprint density at radius 2 is 1.63 bits per heavy atom. The van der Waals surface area contributed by atoms with Crippen molar-refractivity contribution in [3.05, 3.63) is 52.5 Å². The van der Waals surface area contributed by atoms with E-state index in [-0.39, 0.29) is 6.04 Å². The zero-order valence-corrected chi connectivity index (χ0v) is 12.5. The third kappa shape index (κ3) is 3.08. The summed E-state index contributed by atoms with van der Waals surface area (Å²) in [6, 6.07) is 13.2. The molecule has 0 spiro atoms. The molecule has 0 unspecified atom stereocenters. The Hall–Kier alpha value is -1.52. The molecule has 2 aromatic carbocycles. The van der Waals surface area contributed by atoms with Gasteiger partial charge in [-0.3, -0.25) is 0 Å². The summed E-state index contributed by atoms with van der Waals surface area (Å²) >= 11 is 3.46. The highest BCUT2D eigenvalue weighted by atomic mass is 79.9. The Morgan fingerprint density at radius 1 is 1.00 bits per heavy atom. The standard InChI is InChI=1S/C15H16BrNO2/c1-10(17)15-13(18-2)8-5-9-14(15)19-12-7-4-3-6-11(12)16/h3-10H,17H2,1-2H3/t10-/m1/s1. The Kier molecular flexibility index (Phi) is 4.45. The molecule has 0 amide bonds. The zero-order valence-electron chi connectivity index (χ0n) is 10.9. The first-order chi connectivity index (χ1) is 9.13. The molecule has 0 saturated heterocycles. The molecule has 0 aliphatic rings. The summed E-state index contributed by atoms with van der Waals surface area (Å²) in [4.78, 5) is 0. The second-order valence-corrected chi connectivity index (χ2v) is 5.05. The predicted molar refractivity (Wildman–Crippen MR) is 79.8 cm³/mol. The van der Waals surface area contributed by atoms with Crippen LogP contribution in [0.1, 0.15) is 18.5 Å². The molecule has 3 nitrogen and oxygen atoms in total. The van der Waals surface area contributed by atoms with Crippen molar-refractivity contribution in [2.75, 3.05) is 7.11 Å². The van der Waals surface area contributed by atoms with Crippen molar-refractivity contribution in [2.45, 2.75) is 13.0 Å². The van der Waals surface area contributed by atoms with Crippen LogP contribution in [0.5, 0.6) is 17.2 Å². The summed E-state index contributed by atoms with van der Waals surface area (Å²) in [7, 11) is 1.63. The molecular weight excluding hydrogens is 306 g/mol. The number of hydrogen-bond acceptors (Lipinski definition) is 3. The summed E-state index contributed by atoms with van der Waals surface area (Å²) in [5, 5.41) is 0. The number of ether oxygens (including phenoxy) is 2. The maximum Gasteiger partial charge on any atom is 0.141 e. The lowest BCUT2D eigenvalue weighted by Gasteiger charge is -2.17. The van der Waals surface area contributed by atoms with E-state index in [0.717, 1.165) is 21.5 Å². The van der Waals surface area contributed by atoms with Crippen molar-refractivity contribution in [2.24, 2.45) is 5.73 Å². The molecule has 0 fully saturated rings. The first-order valence-corrected chi connectivity index (χ1v) is 6.77. The van der Waals surface area contributed by atoms with Crippen molar-refractivity contribution >= 4 is 15.9 Å². The maximum absolute atomic E-state index is 6.01. The van der Waals surface area contributed by atoms with Gasteiger partial charge in [0.1, 0.15) is 17.2 Å². The Morgan fingerprint density at radius 3 is 2.26 bits per heavy atom. The summed E-state index contributed by atoms with van der Waals surface area (Å²) in [5.74, 6) is 2.19. The fraction of sp³-hybridized carbons (Fsp3) is 0.200. The van der Waals surface area contributed by atoms with Gasteiger partial charge in [0.2, 0.25) is 0 Å². The smallest absolute Gasteiger partial charge is 0.141 e. The van der Waals surface area contributed by atoms with E-state index >= 15 is 0 Å². The van der Waals surface area contributed by atoms with Crippen LogP contribution in [0.2, 0.25) is 0 Å². The molecule has 0 aromatic heterocycles. The van der Waals surface area contributed by atoms with Crippen molar-refractivity contribution in [3.8, 4) is 17.2 Å². The lowest BCUT2D eigenvalue weighted by atomic mass is 10.1. The van der Waals surface area contributed by atoms with Crippen molar-refractivity contribution in [1.82, 2.24) is 0 Å². The van der Waals surface area contributed by atoms with Gasteiger partial charge in [-0.1, -0.05) is 18.2 Å². The number of rotatable bonds is 4. The van der Waals surface area contributed by atoms with E-state index in [9.17, 15) is 0 Å². The minimum Gasteiger partial charge on any atom is -0.496 e. The van der Waals surface area contributed by atoms with Gasteiger partial charge in [-0.25, -0.2) is 0 Å². The molecule has 2 N–H and O–H groups in total. The average Bonchev–Trinajstić information content (AvgIpc) is 2.40. The first kappa shape index (κ1) is 13.9. The van der Waals surface area contributed by atoms with Crippen LogP contribution in [0.25, 0.3) is 0 Å². The Labute approximate surface area is 121 Å². The third-order valence-corrected chi connectivity index (χ3v) is 3.41. The minimum atomic E-state index is -0.173. The second-order valence-electron chi connectivity index (χ2n) is 4.19. The second kappa shape index (κ2) is 6.08. The van der Waals surface area contributed by atoms with Gasteiger partial charge < -0.3 is 15.2 Å². The van der Waals surface area contributed by atoms with Gasteiger partial charge >= 0.3 is 0 Å². The molecule has 0 radical (unpaired) electrons. The van der Waals surface area contributed by atoms with Crippen LogP contribution >= 0.6 is 15.9 Å². The molecule has 0 aliphatic heterocycles. The quantitative estimate of drug-likeness (QED) is 0.914. The van der Waals surface area contributed by atoms with Crippen LogP contribution in [-0.4, -0.2) is 7.11 Å². The fourth-order valence-electron chi connectivity index (χ4n) is 1.89. The highest BCUT2D eigenvalue weighted by Gasteiger charge is 2.15. The van der Waals surface area contributed by atoms with Crippen LogP contribution < -0.4 is 15.2 Å². The molecule has 19 heavy (non-hydrogen) atoms. The molecule has 0 aliphatic carbocycles. The molecular formula is C15H16BrNO2. The summed E-state index contributed by atoms with van der Waals surface area (Å²) in [6.07, 6.45) is 0. The fourth-order valence-corrected chi connectivity index (χ4v) is 2.25. The molecule has 2 rings (SSSR count). The molecule has 2 aromatic rings. The number of methoxy groups -OCH3 is 1. The van der Waals surface area contributed by atoms with Crippen molar-refractivity contribution in [1.29, 1.82) is 0 Å². The predicted octanol–water partition coefficient (Wildman–Crippen LogP) is 4.27. The monoisotopic (exact) mass is 321 g/mol.